The Kier molecular flexibility index (Phi) is 5.40. The molecule has 0 aliphatic heterocycles. The van der Waals surface area contributed by atoms with E-state index < -0.39 is 0 Å². The largest absolute Gasteiger partial charge is 0.495 e. The molecule has 2 unspecified atom stereocenters. The third-order valence-corrected chi connectivity index (χ3v) is 4.10. The summed E-state index contributed by atoms with van der Waals surface area (Å²) in [4.78, 5) is 0. The zero-order valence-electron chi connectivity index (χ0n) is 11.9. The number of benzene rings is 1. The van der Waals surface area contributed by atoms with E-state index in [2.05, 4.69) is 11.4 Å². The summed E-state index contributed by atoms with van der Waals surface area (Å²) < 4.78 is 5.14. The number of rotatable bonds is 5. The molecule has 2 N–H and O–H groups in total. The highest BCUT2D eigenvalue weighted by atomic mass is 16.5. The van der Waals surface area contributed by atoms with Gasteiger partial charge in [0.25, 0.3) is 0 Å². The van der Waals surface area contributed by atoms with Gasteiger partial charge in [-0.3, -0.25) is 0 Å². The van der Waals surface area contributed by atoms with Gasteiger partial charge in [0.15, 0.2) is 0 Å². The summed E-state index contributed by atoms with van der Waals surface area (Å²) in [5.41, 5.74) is 1.64. The second kappa shape index (κ2) is 7.28. The summed E-state index contributed by atoms with van der Waals surface area (Å²) in [6.45, 7) is 0.976. The van der Waals surface area contributed by atoms with Gasteiger partial charge in [0.2, 0.25) is 0 Å². The van der Waals surface area contributed by atoms with Gasteiger partial charge in [0, 0.05) is 19.2 Å². The lowest BCUT2D eigenvalue weighted by Crippen LogP contribution is -2.39. The lowest BCUT2D eigenvalue weighted by molar-refractivity contribution is 0.152. The van der Waals surface area contributed by atoms with Crippen LogP contribution in [0.5, 0.6) is 5.75 Å². The average Bonchev–Trinajstić information content (AvgIpc) is 2.52. The van der Waals surface area contributed by atoms with Crippen molar-refractivity contribution in [3.05, 3.63) is 29.3 Å². The lowest BCUT2D eigenvalue weighted by Gasteiger charge is -2.31. The van der Waals surface area contributed by atoms with Gasteiger partial charge in [0.05, 0.1) is 12.7 Å². The van der Waals surface area contributed by atoms with E-state index in [1.165, 1.54) is 12.8 Å². The van der Waals surface area contributed by atoms with Gasteiger partial charge < -0.3 is 15.2 Å². The molecule has 1 aliphatic rings. The molecule has 0 bridgehead atoms. The van der Waals surface area contributed by atoms with Gasteiger partial charge in [-0.05, 0) is 36.5 Å². The minimum Gasteiger partial charge on any atom is -0.495 e. The number of nitrogens with zero attached hydrogens (tertiary/aromatic N) is 1. The van der Waals surface area contributed by atoms with Crippen LogP contribution in [0.1, 0.15) is 36.8 Å². The van der Waals surface area contributed by atoms with E-state index in [-0.39, 0.29) is 6.61 Å². The van der Waals surface area contributed by atoms with E-state index in [0.29, 0.717) is 23.3 Å². The van der Waals surface area contributed by atoms with E-state index in [0.717, 1.165) is 24.9 Å². The van der Waals surface area contributed by atoms with Gasteiger partial charge in [-0.1, -0.05) is 18.9 Å². The molecule has 2 atom stereocenters. The molecule has 108 valence electrons. The Bertz CT molecular complexity index is 482. The summed E-state index contributed by atoms with van der Waals surface area (Å²) in [6.07, 6.45) is 4.65. The van der Waals surface area contributed by atoms with Gasteiger partial charge in [-0.15, -0.1) is 0 Å². The van der Waals surface area contributed by atoms with Crippen LogP contribution in [0, 0.1) is 17.2 Å². The maximum absolute atomic E-state index is 9.41. The van der Waals surface area contributed by atoms with Gasteiger partial charge >= 0.3 is 0 Å². The van der Waals surface area contributed by atoms with E-state index in [1.54, 1.807) is 7.11 Å². The van der Waals surface area contributed by atoms with Gasteiger partial charge in [0.1, 0.15) is 11.8 Å². The second-order valence-electron chi connectivity index (χ2n) is 5.36. The molecular formula is C16H22N2O2. The van der Waals surface area contributed by atoms with Crippen LogP contribution in [0.15, 0.2) is 18.2 Å². The molecule has 1 aromatic carbocycles. The fourth-order valence-corrected chi connectivity index (χ4v) is 2.90. The zero-order valence-corrected chi connectivity index (χ0v) is 11.9. The van der Waals surface area contributed by atoms with Crippen molar-refractivity contribution in [3.63, 3.8) is 0 Å². The monoisotopic (exact) mass is 274 g/mol. The van der Waals surface area contributed by atoms with E-state index >= 15 is 0 Å². The lowest BCUT2D eigenvalue weighted by atomic mass is 9.85. The molecule has 4 nitrogen and oxygen atoms in total. The summed E-state index contributed by atoms with van der Waals surface area (Å²) in [6, 6.07) is 8.20. The van der Waals surface area contributed by atoms with Crippen molar-refractivity contribution in [2.24, 2.45) is 5.92 Å². The van der Waals surface area contributed by atoms with E-state index in [1.807, 2.05) is 18.2 Å². The molecule has 1 aromatic rings. The highest BCUT2D eigenvalue weighted by molar-refractivity contribution is 5.45. The molecule has 0 spiro atoms. The van der Waals surface area contributed by atoms with Crippen LogP contribution in [-0.2, 0) is 6.54 Å². The molecule has 0 amide bonds. The van der Waals surface area contributed by atoms with Crippen molar-refractivity contribution >= 4 is 0 Å². The SMILES string of the molecule is COc1ccc(CNC2CCCCC2CO)cc1C#N. The topological polar surface area (TPSA) is 65.3 Å². The van der Waals surface area contributed by atoms with Crippen molar-refractivity contribution in [2.45, 2.75) is 38.3 Å². The van der Waals surface area contributed by atoms with Crippen molar-refractivity contribution in [1.82, 2.24) is 5.32 Å². The highest BCUT2D eigenvalue weighted by Gasteiger charge is 2.23. The summed E-state index contributed by atoms with van der Waals surface area (Å²) >= 11 is 0. The quantitative estimate of drug-likeness (QED) is 0.864. The molecule has 0 radical (unpaired) electrons. The maximum atomic E-state index is 9.41. The average molecular weight is 274 g/mol. The predicted molar refractivity (Wildman–Crippen MR) is 77.4 cm³/mol. The van der Waals surface area contributed by atoms with Crippen LogP contribution in [0.4, 0.5) is 0 Å². The number of hydrogen-bond acceptors (Lipinski definition) is 4. The Morgan fingerprint density at radius 3 is 2.90 bits per heavy atom. The fourth-order valence-electron chi connectivity index (χ4n) is 2.90. The predicted octanol–water partition coefficient (Wildman–Crippen LogP) is 2.21. The van der Waals surface area contributed by atoms with Crippen LogP contribution in [0.25, 0.3) is 0 Å². The minimum absolute atomic E-state index is 0.254. The maximum Gasteiger partial charge on any atom is 0.136 e. The van der Waals surface area contributed by atoms with Crippen molar-refractivity contribution in [2.75, 3.05) is 13.7 Å². The number of methoxy groups -OCH3 is 1. The summed E-state index contributed by atoms with van der Waals surface area (Å²) in [5, 5.41) is 22.0. The number of aliphatic hydroxyl groups excluding tert-OH is 1. The number of nitrogens with one attached hydrogen (secondary N) is 1. The van der Waals surface area contributed by atoms with Crippen LogP contribution < -0.4 is 10.1 Å². The molecule has 20 heavy (non-hydrogen) atoms. The Labute approximate surface area is 120 Å². The molecule has 0 heterocycles. The number of ether oxygens (including phenoxy) is 1. The Morgan fingerprint density at radius 1 is 1.40 bits per heavy atom. The first kappa shape index (κ1) is 14.8. The Hall–Kier alpha value is -1.57. The third kappa shape index (κ3) is 3.50. The normalized spacial score (nSPS) is 22.2. The summed E-state index contributed by atoms with van der Waals surface area (Å²) in [5.74, 6) is 0.972. The number of nitriles is 1. The Balaban J connectivity index is 1.98. The van der Waals surface area contributed by atoms with Crippen LogP contribution in [-0.4, -0.2) is 24.9 Å². The van der Waals surface area contributed by atoms with Crippen LogP contribution in [0.2, 0.25) is 0 Å². The number of aliphatic hydroxyl groups is 1. The molecule has 4 heteroatoms. The van der Waals surface area contributed by atoms with Gasteiger partial charge in [-0.2, -0.15) is 5.26 Å². The molecule has 1 fully saturated rings. The molecule has 1 aliphatic carbocycles. The first-order chi connectivity index (χ1) is 9.78. The first-order valence-electron chi connectivity index (χ1n) is 7.19. The van der Waals surface area contributed by atoms with Crippen molar-refractivity contribution < 1.29 is 9.84 Å². The fraction of sp³-hybridized carbons (Fsp3) is 0.562. The molecule has 1 saturated carbocycles. The molecular weight excluding hydrogens is 252 g/mol. The smallest absolute Gasteiger partial charge is 0.136 e. The van der Waals surface area contributed by atoms with Crippen molar-refractivity contribution in [3.8, 4) is 11.8 Å². The zero-order chi connectivity index (χ0) is 14.4. The van der Waals surface area contributed by atoms with Crippen molar-refractivity contribution in [1.29, 1.82) is 5.26 Å². The first-order valence-corrected chi connectivity index (χ1v) is 7.19. The van der Waals surface area contributed by atoms with Gasteiger partial charge in [-0.25, -0.2) is 0 Å². The van der Waals surface area contributed by atoms with E-state index in [9.17, 15) is 5.11 Å². The third-order valence-electron chi connectivity index (χ3n) is 4.10. The van der Waals surface area contributed by atoms with Crippen LogP contribution in [0.3, 0.4) is 0 Å². The number of hydrogen-bond donors (Lipinski definition) is 2. The molecule has 0 aromatic heterocycles. The minimum atomic E-state index is 0.254. The second-order valence-corrected chi connectivity index (χ2v) is 5.36. The Morgan fingerprint density at radius 2 is 2.20 bits per heavy atom. The molecule has 0 saturated heterocycles. The molecule has 2 rings (SSSR count). The van der Waals surface area contributed by atoms with Crippen LogP contribution >= 0.6 is 0 Å². The highest BCUT2D eigenvalue weighted by Crippen LogP contribution is 2.25. The standard InChI is InChI=1S/C16H22N2O2/c1-20-16-7-6-12(8-14(16)9-17)10-18-15-5-3-2-4-13(15)11-19/h6-8,13,15,18-19H,2-5,10-11H2,1H3. The van der Waals surface area contributed by atoms with E-state index in [4.69, 9.17) is 10.00 Å². The summed E-state index contributed by atoms with van der Waals surface area (Å²) in [7, 11) is 1.57.